The lowest BCUT2D eigenvalue weighted by Gasteiger charge is -2.19. The zero-order chi connectivity index (χ0) is 11.8. The van der Waals surface area contributed by atoms with E-state index in [0.717, 1.165) is 29.8 Å². The Bertz CT molecular complexity index is 564. The minimum absolute atomic E-state index is 0.282. The van der Waals surface area contributed by atoms with Gasteiger partial charge in [-0.2, -0.15) is 4.98 Å². The first-order valence-electron chi connectivity index (χ1n) is 5.72. The third-order valence-electron chi connectivity index (χ3n) is 3.11. The first-order valence-corrected chi connectivity index (χ1v) is 6.10. The van der Waals surface area contributed by atoms with Gasteiger partial charge in [-0.15, -0.1) is 0 Å². The van der Waals surface area contributed by atoms with E-state index in [1.165, 1.54) is 12.8 Å². The maximum absolute atomic E-state index is 6.02. The number of halogens is 1. The molecule has 3 rings (SSSR count). The van der Waals surface area contributed by atoms with Crippen LogP contribution in [-0.2, 0) is 0 Å². The van der Waals surface area contributed by atoms with E-state index in [4.69, 9.17) is 17.3 Å². The number of fused-ring (bicyclic) bond motifs is 1. The number of hydrogen-bond donors (Lipinski definition) is 1. The molecule has 1 aliphatic rings. The monoisotopic (exact) mass is 248 g/mol. The molecule has 17 heavy (non-hydrogen) atoms. The van der Waals surface area contributed by atoms with Crippen LogP contribution in [0.25, 0.3) is 10.9 Å². The largest absolute Gasteiger partial charge is 0.398 e. The molecule has 1 fully saturated rings. The lowest BCUT2D eigenvalue weighted by molar-refractivity contribution is 0.940. The molecule has 0 amide bonds. The lowest BCUT2D eigenvalue weighted by atomic mass is 10.2. The molecular weight excluding hydrogens is 236 g/mol. The van der Waals surface area contributed by atoms with Crippen molar-refractivity contribution < 1.29 is 0 Å². The second kappa shape index (κ2) is 4.04. The third-order valence-corrected chi connectivity index (χ3v) is 3.28. The Balaban J connectivity index is 2.27. The molecule has 1 aromatic carbocycles. The minimum Gasteiger partial charge on any atom is -0.398 e. The Morgan fingerprint density at radius 2 is 1.94 bits per heavy atom. The Kier molecular flexibility index (Phi) is 2.52. The number of aromatic nitrogens is 2. The smallest absolute Gasteiger partial charge is 0.224 e. The van der Waals surface area contributed by atoms with Gasteiger partial charge in [-0.25, -0.2) is 4.98 Å². The molecular formula is C12H13ClN4. The van der Waals surface area contributed by atoms with Crippen molar-refractivity contribution in [3.63, 3.8) is 0 Å². The van der Waals surface area contributed by atoms with Gasteiger partial charge in [-0.05, 0) is 36.6 Å². The summed E-state index contributed by atoms with van der Waals surface area (Å²) in [6.45, 7) is 2.02. The van der Waals surface area contributed by atoms with Gasteiger partial charge in [0.05, 0.1) is 10.9 Å². The van der Waals surface area contributed by atoms with Crippen LogP contribution in [0.15, 0.2) is 18.2 Å². The molecule has 0 radical (unpaired) electrons. The number of rotatable bonds is 1. The Hall–Kier alpha value is -1.55. The molecule has 88 valence electrons. The average Bonchev–Trinajstić information content (AvgIpc) is 2.81. The number of nitrogen functional groups attached to an aromatic ring is 1. The van der Waals surface area contributed by atoms with Crippen LogP contribution in [0.3, 0.4) is 0 Å². The van der Waals surface area contributed by atoms with E-state index in [1.54, 1.807) is 0 Å². The molecule has 1 aromatic heterocycles. The maximum atomic E-state index is 6.02. The first kappa shape index (κ1) is 10.6. The fourth-order valence-corrected chi connectivity index (χ4v) is 2.49. The molecule has 5 heteroatoms. The van der Waals surface area contributed by atoms with Gasteiger partial charge in [0.25, 0.3) is 0 Å². The van der Waals surface area contributed by atoms with E-state index >= 15 is 0 Å². The summed E-state index contributed by atoms with van der Waals surface area (Å²) in [5.74, 6) is 0.871. The number of hydrogen-bond acceptors (Lipinski definition) is 4. The number of nitrogens with two attached hydrogens (primary N) is 1. The van der Waals surface area contributed by atoms with Gasteiger partial charge in [-0.3, -0.25) is 0 Å². The van der Waals surface area contributed by atoms with Crippen molar-refractivity contribution in [1.82, 2.24) is 9.97 Å². The van der Waals surface area contributed by atoms with Crippen LogP contribution < -0.4 is 10.6 Å². The Morgan fingerprint density at radius 3 is 2.71 bits per heavy atom. The first-order chi connectivity index (χ1) is 8.25. The third kappa shape index (κ3) is 1.78. The molecule has 0 atom stereocenters. The van der Waals surface area contributed by atoms with Crippen LogP contribution in [-0.4, -0.2) is 23.1 Å². The van der Waals surface area contributed by atoms with Crippen molar-refractivity contribution in [3.05, 3.63) is 23.5 Å². The van der Waals surface area contributed by atoms with Crippen molar-refractivity contribution in [2.24, 2.45) is 0 Å². The molecule has 4 nitrogen and oxygen atoms in total. The molecule has 2 N–H and O–H groups in total. The SMILES string of the molecule is Nc1cccc2nc(Cl)nc(N3CCCC3)c12. The summed E-state index contributed by atoms with van der Waals surface area (Å²) in [6.07, 6.45) is 2.38. The molecule has 0 unspecified atom stereocenters. The molecule has 1 aliphatic heterocycles. The highest BCUT2D eigenvalue weighted by molar-refractivity contribution is 6.29. The summed E-state index contributed by atoms with van der Waals surface area (Å²) >= 11 is 5.96. The van der Waals surface area contributed by atoms with E-state index in [1.807, 2.05) is 18.2 Å². The highest BCUT2D eigenvalue weighted by Crippen LogP contribution is 2.31. The van der Waals surface area contributed by atoms with Crippen molar-refractivity contribution >= 4 is 34.0 Å². The molecule has 0 bridgehead atoms. The van der Waals surface area contributed by atoms with E-state index in [2.05, 4.69) is 14.9 Å². The van der Waals surface area contributed by atoms with Gasteiger partial charge in [0.2, 0.25) is 5.28 Å². The van der Waals surface area contributed by atoms with Gasteiger partial charge >= 0.3 is 0 Å². The van der Waals surface area contributed by atoms with Crippen molar-refractivity contribution in [3.8, 4) is 0 Å². The predicted molar refractivity (Wildman–Crippen MR) is 70.4 cm³/mol. The second-order valence-electron chi connectivity index (χ2n) is 4.25. The van der Waals surface area contributed by atoms with Crippen molar-refractivity contribution in [2.45, 2.75) is 12.8 Å². The number of benzene rings is 1. The summed E-state index contributed by atoms with van der Waals surface area (Å²) in [6, 6.07) is 5.67. The average molecular weight is 249 g/mol. The summed E-state index contributed by atoms with van der Waals surface area (Å²) in [7, 11) is 0. The molecule has 0 saturated carbocycles. The van der Waals surface area contributed by atoms with Gasteiger partial charge in [0, 0.05) is 18.8 Å². The van der Waals surface area contributed by atoms with Gasteiger partial charge in [0.15, 0.2) is 0 Å². The number of nitrogens with zero attached hydrogens (tertiary/aromatic N) is 3. The molecule has 0 spiro atoms. The highest BCUT2D eigenvalue weighted by atomic mass is 35.5. The molecule has 2 aromatic rings. The quantitative estimate of drug-likeness (QED) is 0.622. The van der Waals surface area contributed by atoms with Gasteiger partial charge in [0.1, 0.15) is 5.82 Å². The Labute approximate surface area is 104 Å². The second-order valence-corrected chi connectivity index (χ2v) is 4.59. The van der Waals surface area contributed by atoms with E-state index in [0.29, 0.717) is 5.69 Å². The van der Waals surface area contributed by atoms with Crippen LogP contribution in [0, 0.1) is 0 Å². The molecule has 2 heterocycles. The lowest BCUT2D eigenvalue weighted by Crippen LogP contribution is -2.20. The summed E-state index contributed by atoms with van der Waals surface area (Å²) in [4.78, 5) is 10.8. The maximum Gasteiger partial charge on any atom is 0.224 e. The predicted octanol–water partition coefficient (Wildman–Crippen LogP) is 2.47. The Morgan fingerprint density at radius 1 is 1.18 bits per heavy atom. The zero-order valence-corrected chi connectivity index (χ0v) is 10.1. The molecule has 0 aliphatic carbocycles. The van der Waals surface area contributed by atoms with Gasteiger partial charge < -0.3 is 10.6 Å². The highest BCUT2D eigenvalue weighted by Gasteiger charge is 2.18. The van der Waals surface area contributed by atoms with E-state index < -0.39 is 0 Å². The minimum atomic E-state index is 0.282. The normalized spacial score (nSPS) is 15.7. The van der Waals surface area contributed by atoms with Crippen LogP contribution >= 0.6 is 11.6 Å². The fraction of sp³-hybridized carbons (Fsp3) is 0.333. The van der Waals surface area contributed by atoms with Crippen LogP contribution in [0.4, 0.5) is 11.5 Å². The summed E-state index contributed by atoms with van der Waals surface area (Å²) in [5, 5.41) is 1.20. The van der Waals surface area contributed by atoms with Crippen LogP contribution in [0.1, 0.15) is 12.8 Å². The standard InChI is InChI=1S/C12H13ClN4/c13-12-15-9-5-3-4-8(14)10(9)11(16-12)17-6-1-2-7-17/h3-5H,1-2,6-7,14H2. The fourth-order valence-electron chi connectivity index (χ4n) is 2.32. The van der Waals surface area contributed by atoms with Gasteiger partial charge in [-0.1, -0.05) is 6.07 Å². The topological polar surface area (TPSA) is 55.0 Å². The van der Waals surface area contributed by atoms with Crippen LogP contribution in [0.2, 0.25) is 5.28 Å². The summed E-state index contributed by atoms with van der Waals surface area (Å²) < 4.78 is 0. The molecule has 1 saturated heterocycles. The van der Waals surface area contributed by atoms with Crippen molar-refractivity contribution in [2.75, 3.05) is 23.7 Å². The van der Waals surface area contributed by atoms with Crippen molar-refractivity contribution in [1.29, 1.82) is 0 Å². The number of anilines is 2. The van der Waals surface area contributed by atoms with Crippen LogP contribution in [0.5, 0.6) is 0 Å². The van der Waals surface area contributed by atoms with E-state index in [-0.39, 0.29) is 5.28 Å². The zero-order valence-electron chi connectivity index (χ0n) is 9.36. The van der Waals surface area contributed by atoms with E-state index in [9.17, 15) is 0 Å². The summed E-state index contributed by atoms with van der Waals surface area (Å²) in [5.41, 5.74) is 7.55.